The molecule has 1 heterocycles. The van der Waals surface area contributed by atoms with Crippen LogP contribution in [0.5, 0.6) is 0 Å². The van der Waals surface area contributed by atoms with Crippen LogP contribution in [0.1, 0.15) is 55.0 Å². The van der Waals surface area contributed by atoms with Crippen LogP contribution in [0.2, 0.25) is 0 Å². The third kappa shape index (κ3) is 7.00. The number of nitrogens with zero attached hydrogens (tertiary/aromatic N) is 2. The highest BCUT2D eigenvalue weighted by atomic mass is 19.4. The number of piperidine rings is 1. The molecule has 1 saturated heterocycles. The third-order valence-corrected chi connectivity index (χ3v) is 6.39. The number of hydrogen-bond donors (Lipinski definition) is 0. The highest BCUT2D eigenvalue weighted by Gasteiger charge is 2.38. The van der Waals surface area contributed by atoms with E-state index in [1.165, 1.54) is 0 Å². The summed E-state index contributed by atoms with van der Waals surface area (Å²) < 4.78 is 85.6. The van der Waals surface area contributed by atoms with Gasteiger partial charge in [0.25, 0.3) is 0 Å². The molecule has 198 valence electrons. The van der Waals surface area contributed by atoms with Gasteiger partial charge in [0.05, 0.1) is 36.4 Å². The predicted octanol–water partition coefficient (Wildman–Crippen LogP) is 6.31. The Hall–Kier alpha value is -2.59. The molecule has 1 aliphatic heterocycles. The van der Waals surface area contributed by atoms with Crippen molar-refractivity contribution in [3.8, 4) is 0 Å². The van der Waals surface area contributed by atoms with Gasteiger partial charge in [-0.15, -0.1) is 0 Å². The van der Waals surface area contributed by atoms with Gasteiger partial charge in [0.1, 0.15) is 0 Å². The zero-order chi connectivity index (χ0) is 26.5. The first kappa shape index (κ1) is 28.0. The van der Waals surface area contributed by atoms with Crippen LogP contribution < -0.4 is 0 Å². The van der Waals surface area contributed by atoms with Gasteiger partial charge in [0.15, 0.2) is 0 Å². The van der Waals surface area contributed by atoms with E-state index >= 15 is 0 Å². The number of likely N-dealkylation sites (tertiary alicyclic amines) is 1. The van der Waals surface area contributed by atoms with Crippen molar-refractivity contribution in [2.45, 2.75) is 57.8 Å². The van der Waals surface area contributed by atoms with Gasteiger partial charge in [-0.3, -0.25) is 9.69 Å². The van der Waals surface area contributed by atoms with Crippen LogP contribution in [0, 0.1) is 0 Å². The number of benzene rings is 2. The van der Waals surface area contributed by atoms with Crippen LogP contribution in [0.15, 0.2) is 48.5 Å². The molecule has 10 heteroatoms. The van der Waals surface area contributed by atoms with Gasteiger partial charge in [-0.1, -0.05) is 30.3 Å². The number of halogens is 6. The summed E-state index contributed by atoms with van der Waals surface area (Å²) in [4.78, 5) is 16.5. The van der Waals surface area contributed by atoms with E-state index in [4.69, 9.17) is 4.74 Å². The number of carbonyl (C=O) groups is 1. The number of likely N-dealkylation sites (N-methyl/N-ethyl adjacent to an activating group) is 1. The SMILES string of the molecule is CCN(CC)C(=O)CN1CCCC(OCc2cc(C(F)(F)F)cc(C(F)(F)F)c2)C1c1ccccc1. The lowest BCUT2D eigenvalue weighted by Crippen LogP contribution is -2.48. The number of carbonyl (C=O) groups excluding carboxylic acids is 1. The first-order valence-electron chi connectivity index (χ1n) is 11.9. The molecule has 2 aromatic rings. The molecule has 3 rings (SSSR count). The Labute approximate surface area is 206 Å². The van der Waals surface area contributed by atoms with Crippen LogP contribution in [-0.2, 0) is 28.5 Å². The van der Waals surface area contributed by atoms with Gasteiger partial charge < -0.3 is 9.64 Å². The molecule has 4 nitrogen and oxygen atoms in total. The largest absolute Gasteiger partial charge is 0.416 e. The number of alkyl halides is 6. The normalized spacial score (nSPS) is 19.3. The van der Waals surface area contributed by atoms with Crippen molar-refractivity contribution >= 4 is 5.91 Å². The molecule has 0 spiro atoms. The molecule has 1 fully saturated rings. The van der Waals surface area contributed by atoms with E-state index in [9.17, 15) is 31.1 Å². The van der Waals surface area contributed by atoms with Gasteiger partial charge in [-0.25, -0.2) is 0 Å². The second kappa shape index (κ2) is 11.6. The van der Waals surface area contributed by atoms with E-state index < -0.39 is 36.2 Å². The first-order valence-corrected chi connectivity index (χ1v) is 11.9. The molecule has 0 radical (unpaired) electrons. The summed E-state index contributed by atoms with van der Waals surface area (Å²) in [5, 5.41) is 0. The molecule has 1 aliphatic rings. The Morgan fingerprint density at radius 3 is 2.08 bits per heavy atom. The van der Waals surface area contributed by atoms with Crippen molar-refractivity contribution in [2.75, 3.05) is 26.2 Å². The lowest BCUT2D eigenvalue weighted by atomic mass is 9.92. The average molecular weight is 517 g/mol. The summed E-state index contributed by atoms with van der Waals surface area (Å²) in [7, 11) is 0. The molecule has 0 N–H and O–H groups in total. The summed E-state index contributed by atoms with van der Waals surface area (Å²) in [6.45, 7) is 5.26. The molecular weight excluding hydrogens is 486 g/mol. The van der Waals surface area contributed by atoms with Crippen LogP contribution in [0.4, 0.5) is 26.3 Å². The van der Waals surface area contributed by atoms with Crippen molar-refractivity contribution in [2.24, 2.45) is 0 Å². The van der Waals surface area contributed by atoms with Gasteiger partial charge in [-0.05, 0) is 62.6 Å². The minimum Gasteiger partial charge on any atom is -0.372 e. The van der Waals surface area contributed by atoms with Crippen LogP contribution in [0.25, 0.3) is 0 Å². The Morgan fingerprint density at radius 2 is 1.56 bits per heavy atom. The van der Waals surface area contributed by atoms with Crippen molar-refractivity contribution < 1.29 is 35.9 Å². The summed E-state index contributed by atoms with van der Waals surface area (Å²) >= 11 is 0. The lowest BCUT2D eigenvalue weighted by Gasteiger charge is -2.41. The fourth-order valence-electron chi connectivity index (χ4n) is 4.61. The number of ether oxygens (including phenoxy) is 1. The zero-order valence-corrected chi connectivity index (χ0v) is 20.2. The fourth-order valence-corrected chi connectivity index (χ4v) is 4.61. The Bertz CT molecular complexity index is 973. The summed E-state index contributed by atoms with van der Waals surface area (Å²) in [5.74, 6) is -0.0470. The van der Waals surface area contributed by atoms with Crippen molar-refractivity contribution in [1.82, 2.24) is 9.80 Å². The predicted molar refractivity (Wildman–Crippen MR) is 123 cm³/mol. The Balaban J connectivity index is 1.87. The Morgan fingerprint density at radius 1 is 0.972 bits per heavy atom. The third-order valence-electron chi connectivity index (χ3n) is 6.39. The van der Waals surface area contributed by atoms with Crippen molar-refractivity contribution in [3.05, 3.63) is 70.8 Å². The minimum absolute atomic E-state index is 0.0470. The molecule has 0 bridgehead atoms. The fraction of sp³-hybridized carbons (Fsp3) is 0.500. The van der Waals surface area contributed by atoms with Gasteiger partial charge >= 0.3 is 12.4 Å². The molecule has 1 amide bonds. The quantitative estimate of drug-likeness (QED) is 0.385. The van der Waals surface area contributed by atoms with Crippen LogP contribution >= 0.6 is 0 Å². The second-order valence-corrected chi connectivity index (χ2v) is 8.80. The molecule has 36 heavy (non-hydrogen) atoms. The maximum Gasteiger partial charge on any atom is 0.416 e. The molecule has 0 saturated carbocycles. The molecule has 0 aliphatic carbocycles. The maximum absolute atomic E-state index is 13.3. The zero-order valence-electron chi connectivity index (χ0n) is 20.2. The van der Waals surface area contributed by atoms with E-state index in [1.54, 1.807) is 4.90 Å². The topological polar surface area (TPSA) is 32.8 Å². The lowest BCUT2D eigenvalue weighted by molar-refractivity contribution is -0.143. The number of rotatable bonds is 8. The van der Waals surface area contributed by atoms with E-state index in [-0.39, 0.29) is 30.1 Å². The molecule has 2 unspecified atom stereocenters. The second-order valence-electron chi connectivity index (χ2n) is 8.80. The molecular formula is C26H30F6N2O2. The van der Waals surface area contributed by atoms with Crippen LogP contribution in [-0.4, -0.2) is 48.0 Å². The minimum atomic E-state index is -4.92. The number of hydrogen-bond acceptors (Lipinski definition) is 3. The van der Waals surface area contributed by atoms with Gasteiger partial charge in [0, 0.05) is 13.1 Å². The monoisotopic (exact) mass is 516 g/mol. The van der Waals surface area contributed by atoms with E-state index in [1.807, 2.05) is 49.1 Å². The molecule has 2 atom stereocenters. The summed E-state index contributed by atoms with van der Waals surface area (Å²) in [6.07, 6.45) is -9.13. The number of amides is 1. The van der Waals surface area contributed by atoms with E-state index in [2.05, 4.69) is 0 Å². The smallest absolute Gasteiger partial charge is 0.372 e. The summed E-state index contributed by atoms with van der Waals surface area (Å²) in [6, 6.07) is 10.4. The standard InChI is InChI=1S/C26H30F6N2O2/c1-3-33(4-2)23(35)16-34-12-8-11-22(24(34)19-9-6-5-7-10-19)36-17-18-13-20(25(27,28)29)15-21(14-18)26(30,31)32/h5-7,9-10,13-15,22,24H,3-4,8,11-12,16-17H2,1-2H3. The van der Waals surface area contributed by atoms with Crippen molar-refractivity contribution in [1.29, 1.82) is 0 Å². The van der Waals surface area contributed by atoms with Gasteiger partial charge in [-0.2, -0.15) is 26.3 Å². The average Bonchev–Trinajstić information content (AvgIpc) is 2.83. The molecule has 0 aromatic heterocycles. The maximum atomic E-state index is 13.3. The highest BCUT2D eigenvalue weighted by molar-refractivity contribution is 5.78. The highest BCUT2D eigenvalue weighted by Crippen LogP contribution is 2.38. The molecule has 2 aromatic carbocycles. The van der Waals surface area contributed by atoms with E-state index in [0.29, 0.717) is 44.6 Å². The Kier molecular flexibility index (Phi) is 9.05. The van der Waals surface area contributed by atoms with Gasteiger partial charge in [0.2, 0.25) is 5.91 Å². The van der Waals surface area contributed by atoms with Crippen LogP contribution in [0.3, 0.4) is 0 Å². The van der Waals surface area contributed by atoms with E-state index in [0.717, 1.165) is 5.56 Å². The van der Waals surface area contributed by atoms with Crippen molar-refractivity contribution in [3.63, 3.8) is 0 Å². The first-order chi connectivity index (χ1) is 16.9. The summed E-state index contributed by atoms with van der Waals surface area (Å²) in [5.41, 5.74) is -2.08.